The van der Waals surface area contributed by atoms with Crippen LogP contribution >= 0.6 is 55.1 Å². The SMILES string of the molecule is CC(C)O.CC(C)Oc1ccc(Br)c(Cl)c1.Fc1ccc(Br)c(Cl)c1. The molecule has 0 aromatic heterocycles. The average molecular weight is 519 g/mol. The Morgan fingerprint density at radius 3 is 1.72 bits per heavy atom. The van der Waals surface area contributed by atoms with Crippen molar-refractivity contribution in [2.75, 3.05) is 0 Å². The van der Waals surface area contributed by atoms with E-state index in [0.717, 1.165) is 10.2 Å². The molecule has 2 nitrogen and oxygen atoms in total. The topological polar surface area (TPSA) is 29.5 Å². The van der Waals surface area contributed by atoms with Crippen LogP contribution in [0, 0.1) is 5.82 Å². The van der Waals surface area contributed by atoms with Gasteiger partial charge in [0.2, 0.25) is 0 Å². The average Bonchev–Trinajstić information content (AvgIpc) is 2.47. The molecule has 0 fully saturated rings. The van der Waals surface area contributed by atoms with Gasteiger partial charge in [0.05, 0.1) is 16.1 Å². The van der Waals surface area contributed by atoms with Gasteiger partial charge in [0, 0.05) is 15.0 Å². The maximum Gasteiger partial charge on any atom is 0.124 e. The molecule has 0 spiro atoms. The van der Waals surface area contributed by atoms with Crippen molar-refractivity contribution in [2.45, 2.75) is 39.9 Å². The molecule has 2 rings (SSSR count). The van der Waals surface area contributed by atoms with Crippen molar-refractivity contribution in [3.05, 3.63) is 61.2 Å². The Labute approximate surface area is 175 Å². The van der Waals surface area contributed by atoms with Gasteiger partial charge in [-0.15, -0.1) is 0 Å². The maximum atomic E-state index is 12.2. The van der Waals surface area contributed by atoms with Crippen LogP contribution in [0.15, 0.2) is 45.3 Å². The highest BCUT2D eigenvalue weighted by molar-refractivity contribution is 9.10. The van der Waals surface area contributed by atoms with E-state index in [0.29, 0.717) is 14.5 Å². The summed E-state index contributed by atoms with van der Waals surface area (Å²) >= 11 is 17.8. The second-order valence-electron chi connectivity index (χ2n) is 5.39. The van der Waals surface area contributed by atoms with Gasteiger partial charge < -0.3 is 9.84 Å². The van der Waals surface area contributed by atoms with Crippen LogP contribution in [-0.4, -0.2) is 17.3 Å². The lowest BCUT2D eigenvalue weighted by atomic mass is 10.3. The van der Waals surface area contributed by atoms with Crippen molar-refractivity contribution >= 4 is 55.1 Å². The molecule has 0 aliphatic rings. The fraction of sp³-hybridized carbons (Fsp3) is 0.333. The number of hydrogen-bond donors (Lipinski definition) is 1. The highest BCUT2D eigenvalue weighted by Crippen LogP contribution is 2.27. The Morgan fingerprint density at radius 1 is 0.920 bits per heavy atom. The first-order valence-electron chi connectivity index (χ1n) is 7.43. The summed E-state index contributed by atoms with van der Waals surface area (Å²) in [5.74, 6) is 0.487. The molecular weight excluding hydrogens is 498 g/mol. The zero-order valence-corrected chi connectivity index (χ0v) is 19.0. The second kappa shape index (κ2) is 12.9. The molecule has 0 atom stereocenters. The molecule has 0 bridgehead atoms. The summed E-state index contributed by atoms with van der Waals surface area (Å²) in [4.78, 5) is 0. The van der Waals surface area contributed by atoms with Gasteiger partial charge in [0.25, 0.3) is 0 Å². The molecule has 1 N–H and O–H groups in total. The van der Waals surface area contributed by atoms with Crippen LogP contribution in [0.3, 0.4) is 0 Å². The van der Waals surface area contributed by atoms with Gasteiger partial charge in [-0.1, -0.05) is 23.2 Å². The largest absolute Gasteiger partial charge is 0.491 e. The molecular formula is C18H21Br2Cl2FO2. The fourth-order valence-corrected chi connectivity index (χ4v) is 2.12. The minimum Gasteiger partial charge on any atom is -0.491 e. The molecule has 0 heterocycles. The number of ether oxygens (including phenoxy) is 1. The molecule has 0 saturated heterocycles. The van der Waals surface area contributed by atoms with Gasteiger partial charge in [-0.25, -0.2) is 4.39 Å². The lowest BCUT2D eigenvalue weighted by Gasteiger charge is -2.09. The summed E-state index contributed by atoms with van der Waals surface area (Å²) in [5.41, 5.74) is 0. The fourth-order valence-electron chi connectivity index (χ4n) is 1.29. The van der Waals surface area contributed by atoms with E-state index in [1.165, 1.54) is 12.1 Å². The smallest absolute Gasteiger partial charge is 0.124 e. The Bertz CT molecular complexity index is 650. The van der Waals surface area contributed by atoms with E-state index >= 15 is 0 Å². The quantitative estimate of drug-likeness (QED) is 0.417. The van der Waals surface area contributed by atoms with Gasteiger partial charge in [-0.2, -0.15) is 0 Å². The zero-order valence-electron chi connectivity index (χ0n) is 14.4. The molecule has 140 valence electrons. The monoisotopic (exact) mass is 516 g/mol. The third kappa shape index (κ3) is 12.6. The normalized spacial score (nSPS) is 9.92. The Hall–Kier alpha value is -0.330. The minimum absolute atomic E-state index is 0.167. The highest BCUT2D eigenvalue weighted by Gasteiger charge is 2.01. The van der Waals surface area contributed by atoms with E-state index in [1.54, 1.807) is 26.0 Å². The van der Waals surface area contributed by atoms with Crippen molar-refractivity contribution in [1.82, 2.24) is 0 Å². The minimum atomic E-state index is -0.316. The predicted octanol–water partition coefficient (Wildman–Crippen LogP) is 7.52. The molecule has 0 saturated carbocycles. The molecule has 0 radical (unpaired) electrons. The summed E-state index contributed by atoms with van der Waals surface area (Å²) in [5, 5.41) is 9.13. The van der Waals surface area contributed by atoms with Crippen LogP contribution in [0.5, 0.6) is 5.75 Å². The van der Waals surface area contributed by atoms with Crippen LogP contribution in [0.4, 0.5) is 4.39 Å². The number of rotatable bonds is 2. The first kappa shape index (κ1) is 24.7. The van der Waals surface area contributed by atoms with Crippen molar-refractivity contribution in [1.29, 1.82) is 0 Å². The summed E-state index contributed by atoms with van der Waals surface area (Å²) < 4.78 is 19.3. The number of hydrogen-bond acceptors (Lipinski definition) is 2. The first-order valence-corrected chi connectivity index (χ1v) is 9.77. The summed E-state index contributed by atoms with van der Waals surface area (Å²) in [7, 11) is 0. The van der Waals surface area contributed by atoms with Gasteiger partial charge in [-0.05, 0) is 96.0 Å². The number of halogens is 5. The first-order chi connectivity index (χ1) is 11.5. The van der Waals surface area contributed by atoms with Gasteiger partial charge in [0.15, 0.2) is 0 Å². The molecule has 2 aromatic carbocycles. The predicted molar refractivity (Wildman–Crippen MR) is 111 cm³/mol. The molecule has 0 aliphatic heterocycles. The Morgan fingerprint density at radius 2 is 1.36 bits per heavy atom. The molecule has 0 unspecified atom stereocenters. The molecule has 7 heteroatoms. The maximum absolute atomic E-state index is 12.2. The summed E-state index contributed by atoms with van der Waals surface area (Å²) in [6, 6.07) is 9.72. The summed E-state index contributed by atoms with van der Waals surface area (Å²) in [6.07, 6.45) is 0.0160. The van der Waals surface area contributed by atoms with E-state index < -0.39 is 0 Å². The third-order valence-corrected chi connectivity index (χ3v) is 4.61. The van der Waals surface area contributed by atoms with E-state index in [1.807, 2.05) is 26.0 Å². The number of aliphatic hydroxyl groups excluding tert-OH is 1. The van der Waals surface area contributed by atoms with E-state index in [9.17, 15) is 4.39 Å². The number of benzene rings is 2. The Kier molecular flexibility index (Phi) is 12.8. The van der Waals surface area contributed by atoms with E-state index in [-0.39, 0.29) is 18.0 Å². The Balaban J connectivity index is 0.000000391. The molecule has 0 aliphatic carbocycles. The van der Waals surface area contributed by atoms with Crippen molar-refractivity contribution < 1.29 is 14.2 Å². The third-order valence-electron chi connectivity index (χ3n) is 2.14. The number of aliphatic hydroxyl groups is 1. The van der Waals surface area contributed by atoms with Gasteiger partial charge in [0.1, 0.15) is 11.6 Å². The van der Waals surface area contributed by atoms with Crippen molar-refractivity contribution in [3.8, 4) is 5.75 Å². The molecule has 0 amide bonds. The van der Waals surface area contributed by atoms with Crippen molar-refractivity contribution in [3.63, 3.8) is 0 Å². The van der Waals surface area contributed by atoms with Gasteiger partial charge >= 0.3 is 0 Å². The second-order valence-corrected chi connectivity index (χ2v) is 7.92. The molecule has 2 aromatic rings. The van der Waals surface area contributed by atoms with Crippen LogP contribution in [0.25, 0.3) is 0 Å². The molecule has 25 heavy (non-hydrogen) atoms. The van der Waals surface area contributed by atoms with Crippen LogP contribution in [0.1, 0.15) is 27.7 Å². The standard InChI is InChI=1S/C9H10BrClO.C6H3BrClF.C3H8O/c1-6(2)12-7-3-4-8(10)9(11)5-7;7-5-2-1-4(9)3-6(5)8;1-3(2)4/h3-6H,1-2H3;1-3H;3-4H,1-2H3. The van der Waals surface area contributed by atoms with Crippen LogP contribution < -0.4 is 4.74 Å². The van der Waals surface area contributed by atoms with Crippen LogP contribution in [0.2, 0.25) is 10.0 Å². The highest BCUT2D eigenvalue weighted by atomic mass is 79.9. The van der Waals surface area contributed by atoms with Gasteiger partial charge in [-0.3, -0.25) is 0 Å². The zero-order chi connectivity index (χ0) is 19.6. The van der Waals surface area contributed by atoms with E-state index in [2.05, 4.69) is 31.9 Å². The lowest BCUT2D eigenvalue weighted by Crippen LogP contribution is -2.05. The lowest BCUT2D eigenvalue weighted by molar-refractivity contribution is 0.216. The van der Waals surface area contributed by atoms with Crippen molar-refractivity contribution in [2.24, 2.45) is 0 Å². The van der Waals surface area contributed by atoms with Crippen LogP contribution in [-0.2, 0) is 0 Å². The summed E-state index contributed by atoms with van der Waals surface area (Å²) in [6.45, 7) is 7.41. The van der Waals surface area contributed by atoms with E-state index in [4.69, 9.17) is 33.0 Å².